The van der Waals surface area contributed by atoms with Crippen molar-refractivity contribution in [2.75, 3.05) is 19.6 Å². The molecule has 0 unspecified atom stereocenters. The second-order valence-corrected chi connectivity index (χ2v) is 9.05. The molecule has 1 aromatic rings. The molecule has 0 amide bonds. The van der Waals surface area contributed by atoms with Crippen LogP contribution in [0.25, 0.3) is 0 Å². The summed E-state index contributed by atoms with van der Waals surface area (Å²) < 4.78 is 1.30. The average Bonchev–Trinajstić information content (AvgIpc) is 2.70. The van der Waals surface area contributed by atoms with E-state index in [1.807, 2.05) is 0 Å². The smallest absolute Gasteiger partial charge is 0.104 e. The molecule has 1 heteroatoms. The Balaban J connectivity index is 2.22. The minimum absolute atomic E-state index is 1.22. The first-order chi connectivity index (χ1) is 13.8. The van der Waals surface area contributed by atoms with Crippen molar-refractivity contribution in [1.82, 2.24) is 0 Å². The van der Waals surface area contributed by atoms with Crippen molar-refractivity contribution >= 4 is 0 Å². The molecule has 0 heterocycles. The van der Waals surface area contributed by atoms with Crippen molar-refractivity contribution in [2.45, 2.75) is 117 Å². The van der Waals surface area contributed by atoms with Gasteiger partial charge in [-0.2, -0.15) is 0 Å². The fraction of sp³-hybridized carbons (Fsp3) is 0.778. The van der Waals surface area contributed by atoms with Gasteiger partial charge in [-0.25, -0.2) is 0 Å². The molecule has 0 saturated carbocycles. The van der Waals surface area contributed by atoms with E-state index in [0.29, 0.717) is 0 Å². The molecule has 0 aliphatic rings. The van der Waals surface area contributed by atoms with Gasteiger partial charge < -0.3 is 4.48 Å². The Labute approximate surface area is 177 Å². The molecule has 28 heavy (non-hydrogen) atoms. The van der Waals surface area contributed by atoms with Gasteiger partial charge in [-0.05, 0) is 25.7 Å². The van der Waals surface area contributed by atoms with Crippen LogP contribution in [0.4, 0.5) is 0 Å². The minimum atomic E-state index is 1.22. The number of unbranched alkanes of at least 4 members (excludes halogenated alkanes) is 11. The SMILES string of the molecule is CCCCCCCCCCCCCC[N+](CCC)(CCC)Cc1ccccc1. The van der Waals surface area contributed by atoms with Crippen molar-refractivity contribution < 1.29 is 4.48 Å². The van der Waals surface area contributed by atoms with E-state index < -0.39 is 0 Å². The van der Waals surface area contributed by atoms with Crippen LogP contribution in [0.15, 0.2) is 30.3 Å². The standard InChI is InChI=1S/C27H50N/c1-4-7-8-9-10-11-12-13-14-15-16-20-25-28(23-5-2,24-6-3)26-27-21-18-17-19-22-27/h17-19,21-22H,4-16,20,23-26H2,1-3H3/q+1. The fourth-order valence-electron chi connectivity index (χ4n) is 4.78. The zero-order valence-corrected chi connectivity index (χ0v) is 19.6. The maximum Gasteiger partial charge on any atom is 0.104 e. The molecule has 0 saturated heterocycles. The molecular formula is C27H50N+. The monoisotopic (exact) mass is 388 g/mol. The zero-order valence-electron chi connectivity index (χ0n) is 19.6. The van der Waals surface area contributed by atoms with Gasteiger partial charge in [0, 0.05) is 5.56 Å². The van der Waals surface area contributed by atoms with Gasteiger partial charge in [0.2, 0.25) is 0 Å². The Morgan fingerprint density at radius 3 is 1.43 bits per heavy atom. The van der Waals surface area contributed by atoms with E-state index in [-0.39, 0.29) is 0 Å². The number of quaternary nitrogens is 1. The number of hydrogen-bond acceptors (Lipinski definition) is 0. The molecule has 0 radical (unpaired) electrons. The lowest BCUT2D eigenvalue weighted by molar-refractivity contribution is -0.941. The van der Waals surface area contributed by atoms with Gasteiger partial charge in [-0.15, -0.1) is 0 Å². The Kier molecular flexibility index (Phi) is 15.4. The zero-order chi connectivity index (χ0) is 20.3. The number of benzene rings is 1. The molecule has 0 N–H and O–H groups in total. The molecule has 0 aromatic heterocycles. The van der Waals surface area contributed by atoms with Gasteiger partial charge in [0.25, 0.3) is 0 Å². The third kappa shape index (κ3) is 11.9. The minimum Gasteiger partial charge on any atom is -0.320 e. The highest BCUT2D eigenvalue weighted by atomic mass is 15.3. The van der Waals surface area contributed by atoms with E-state index in [4.69, 9.17) is 0 Å². The summed E-state index contributed by atoms with van der Waals surface area (Å²) in [5.41, 5.74) is 1.52. The van der Waals surface area contributed by atoms with Crippen molar-refractivity contribution in [1.29, 1.82) is 0 Å². The van der Waals surface area contributed by atoms with E-state index in [1.54, 1.807) is 0 Å². The van der Waals surface area contributed by atoms with Crippen LogP contribution in [0.2, 0.25) is 0 Å². The van der Waals surface area contributed by atoms with Crippen molar-refractivity contribution in [3.8, 4) is 0 Å². The van der Waals surface area contributed by atoms with Crippen LogP contribution in [0, 0.1) is 0 Å². The van der Waals surface area contributed by atoms with E-state index >= 15 is 0 Å². The van der Waals surface area contributed by atoms with Gasteiger partial charge >= 0.3 is 0 Å². The van der Waals surface area contributed by atoms with Crippen LogP contribution in [-0.4, -0.2) is 24.1 Å². The van der Waals surface area contributed by atoms with E-state index in [2.05, 4.69) is 51.1 Å². The Morgan fingerprint density at radius 1 is 0.500 bits per heavy atom. The van der Waals surface area contributed by atoms with Gasteiger partial charge in [0.1, 0.15) is 6.54 Å². The first-order valence-electron chi connectivity index (χ1n) is 12.7. The highest BCUT2D eigenvalue weighted by molar-refractivity contribution is 5.13. The molecule has 1 rings (SSSR count). The summed E-state index contributed by atoms with van der Waals surface area (Å²) in [5.74, 6) is 0. The van der Waals surface area contributed by atoms with E-state index in [9.17, 15) is 0 Å². The predicted molar refractivity (Wildman–Crippen MR) is 127 cm³/mol. The maximum atomic E-state index is 2.36. The second-order valence-electron chi connectivity index (χ2n) is 9.05. The first kappa shape index (κ1) is 25.2. The van der Waals surface area contributed by atoms with E-state index in [1.165, 1.54) is 126 Å². The second kappa shape index (κ2) is 17.1. The quantitative estimate of drug-likeness (QED) is 0.164. The number of rotatable bonds is 19. The molecule has 162 valence electrons. The molecule has 0 bridgehead atoms. The molecular weight excluding hydrogens is 338 g/mol. The van der Waals surface area contributed by atoms with Crippen molar-refractivity contribution in [3.63, 3.8) is 0 Å². The molecule has 0 spiro atoms. The third-order valence-electron chi connectivity index (χ3n) is 6.24. The van der Waals surface area contributed by atoms with Crippen LogP contribution < -0.4 is 0 Å². The summed E-state index contributed by atoms with van der Waals surface area (Å²) >= 11 is 0. The van der Waals surface area contributed by atoms with Gasteiger partial charge in [-0.1, -0.05) is 115 Å². The fourth-order valence-corrected chi connectivity index (χ4v) is 4.78. The van der Waals surface area contributed by atoms with Crippen molar-refractivity contribution in [3.05, 3.63) is 35.9 Å². The van der Waals surface area contributed by atoms with Gasteiger partial charge in [-0.3, -0.25) is 0 Å². The molecule has 0 fully saturated rings. The summed E-state index contributed by atoms with van der Waals surface area (Å²) in [6.45, 7) is 12.3. The topological polar surface area (TPSA) is 0 Å². The van der Waals surface area contributed by atoms with Crippen LogP contribution >= 0.6 is 0 Å². The Bertz CT molecular complexity index is 433. The first-order valence-corrected chi connectivity index (χ1v) is 12.7. The van der Waals surface area contributed by atoms with Crippen LogP contribution in [0.1, 0.15) is 116 Å². The summed E-state index contributed by atoms with van der Waals surface area (Å²) in [5, 5.41) is 0. The number of hydrogen-bond donors (Lipinski definition) is 0. The van der Waals surface area contributed by atoms with Crippen LogP contribution in [0.3, 0.4) is 0 Å². The van der Waals surface area contributed by atoms with Crippen LogP contribution in [-0.2, 0) is 6.54 Å². The summed E-state index contributed by atoms with van der Waals surface area (Å²) in [7, 11) is 0. The molecule has 0 aliphatic heterocycles. The van der Waals surface area contributed by atoms with Crippen LogP contribution in [0.5, 0.6) is 0 Å². The lowest BCUT2D eigenvalue weighted by atomic mass is 10.0. The summed E-state index contributed by atoms with van der Waals surface area (Å²) in [6.07, 6.45) is 19.9. The van der Waals surface area contributed by atoms with Gasteiger partial charge in [0.05, 0.1) is 19.6 Å². The maximum absolute atomic E-state index is 2.36. The lowest BCUT2D eigenvalue weighted by Gasteiger charge is -2.39. The largest absolute Gasteiger partial charge is 0.320 e. The molecule has 0 aliphatic carbocycles. The Hall–Kier alpha value is -0.820. The molecule has 0 atom stereocenters. The highest BCUT2D eigenvalue weighted by Crippen LogP contribution is 2.20. The highest BCUT2D eigenvalue weighted by Gasteiger charge is 2.25. The summed E-state index contributed by atoms with van der Waals surface area (Å²) in [6, 6.07) is 11.2. The lowest BCUT2D eigenvalue weighted by Crippen LogP contribution is -2.49. The molecule has 1 nitrogen and oxygen atoms in total. The molecule has 1 aromatic carbocycles. The normalized spacial score (nSPS) is 11.8. The van der Waals surface area contributed by atoms with Crippen molar-refractivity contribution in [2.24, 2.45) is 0 Å². The van der Waals surface area contributed by atoms with Gasteiger partial charge in [0.15, 0.2) is 0 Å². The third-order valence-corrected chi connectivity index (χ3v) is 6.24. The average molecular weight is 389 g/mol. The summed E-state index contributed by atoms with van der Waals surface area (Å²) in [4.78, 5) is 0. The van der Waals surface area contributed by atoms with E-state index in [0.717, 1.165) is 0 Å². The predicted octanol–water partition coefficient (Wildman–Crippen LogP) is 8.52. The number of nitrogens with zero attached hydrogens (tertiary/aromatic N) is 1. The Morgan fingerprint density at radius 2 is 0.964 bits per heavy atom.